The standard InChI is InChI=1S/C18H18FN3OS/c1-2-3-15-10-16(17(23)11-18-20-8-9-24-18)22(21-15)12-13-4-6-14(19)7-5-13/h4-10H,2-3,11-12H2,1H3. The van der Waals surface area contributed by atoms with Gasteiger partial charge >= 0.3 is 0 Å². The number of Topliss-reactive ketones (excluding diaryl/α,β-unsaturated/α-hetero) is 1. The van der Waals surface area contributed by atoms with Gasteiger partial charge in [0.2, 0.25) is 0 Å². The SMILES string of the molecule is CCCc1cc(C(=O)Cc2nccs2)n(Cc2ccc(F)cc2)n1. The van der Waals surface area contributed by atoms with Gasteiger partial charge in [0, 0.05) is 11.6 Å². The fraction of sp³-hybridized carbons (Fsp3) is 0.278. The van der Waals surface area contributed by atoms with Gasteiger partial charge in [0.15, 0.2) is 5.78 Å². The first-order chi connectivity index (χ1) is 11.7. The zero-order valence-corrected chi connectivity index (χ0v) is 14.2. The maximum Gasteiger partial charge on any atom is 0.187 e. The Hall–Kier alpha value is -2.34. The van der Waals surface area contributed by atoms with Crippen molar-refractivity contribution in [3.63, 3.8) is 0 Å². The number of halogens is 1. The molecule has 0 saturated carbocycles. The third kappa shape index (κ3) is 3.94. The van der Waals surface area contributed by atoms with Gasteiger partial charge in [0.25, 0.3) is 0 Å². The first kappa shape index (κ1) is 16.5. The van der Waals surface area contributed by atoms with E-state index in [4.69, 9.17) is 0 Å². The van der Waals surface area contributed by atoms with E-state index in [1.54, 1.807) is 23.0 Å². The van der Waals surface area contributed by atoms with Crippen LogP contribution in [0.3, 0.4) is 0 Å². The minimum absolute atomic E-state index is 0.00177. The predicted molar refractivity (Wildman–Crippen MR) is 91.9 cm³/mol. The fourth-order valence-electron chi connectivity index (χ4n) is 2.52. The number of hydrogen-bond donors (Lipinski definition) is 0. The quantitative estimate of drug-likeness (QED) is 0.611. The number of carbonyl (C=O) groups excluding carboxylic acids is 1. The van der Waals surface area contributed by atoms with Gasteiger partial charge in [-0.15, -0.1) is 11.3 Å². The van der Waals surface area contributed by atoms with E-state index >= 15 is 0 Å². The van der Waals surface area contributed by atoms with Crippen LogP contribution in [-0.2, 0) is 19.4 Å². The van der Waals surface area contributed by atoms with Crippen molar-refractivity contribution < 1.29 is 9.18 Å². The number of nitrogens with zero attached hydrogens (tertiary/aromatic N) is 3. The smallest absolute Gasteiger partial charge is 0.187 e. The Morgan fingerprint density at radius 1 is 1.29 bits per heavy atom. The average Bonchev–Trinajstić information content (AvgIpc) is 3.20. The highest BCUT2D eigenvalue weighted by atomic mass is 32.1. The number of benzene rings is 1. The van der Waals surface area contributed by atoms with Crippen LogP contribution in [0.2, 0.25) is 0 Å². The molecule has 0 aliphatic carbocycles. The van der Waals surface area contributed by atoms with Crippen molar-refractivity contribution in [3.05, 3.63) is 69.7 Å². The number of carbonyl (C=O) groups is 1. The Morgan fingerprint density at radius 2 is 2.08 bits per heavy atom. The van der Waals surface area contributed by atoms with Crippen molar-refractivity contribution in [1.29, 1.82) is 0 Å². The van der Waals surface area contributed by atoms with E-state index in [2.05, 4.69) is 17.0 Å². The number of hydrogen-bond acceptors (Lipinski definition) is 4. The van der Waals surface area contributed by atoms with Gasteiger partial charge in [0.05, 0.1) is 18.7 Å². The molecule has 0 radical (unpaired) electrons. The molecule has 0 fully saturated rings. The average molecular weight is 343 g/mol. The van der Waals surface area contributed by atoms with Gasteiger partial charge in [-0.25, -0.2) is 9.37 Å². The van der Waals surface area contributed by atoms with Crippen LogP contribution in [0.1, 0.15) is 40.1 Å². The molecule has 0 saturated heterocycles. The molecule has 0 amide bonds. The van der Waals surface area contributed by atoms with Crippen molar-refractivity contribution in [3.8, 4) is 0 Å². The summed E-state index contributed by atoms with van der Waals surface area (Å²) in [6.07, 6.45) is 3.77. The lowest BCUT2D eigenvalue weighted by molar-refractivity contribution is 0.0983. The van der Waals surface area contributed by atoms with Crippen molar-refractivity contribution in [2.75, 3.05) is 0 Å². The molecule has 4 nitrogen and oxygen atoms in total. The molecule has 0 spiro atoms. The van der Waals surface area contributed by atoms with E-state index in [1.807, 2.05) is 11.4 Å². The second-order valence-corrected chi connectivity index (χ2v) is 6.56. The number of rotatable bonds is 7. The highest BCUT2D eigenvalue weighted by molar-refractivity contribution is 7.09. The van der Waals surface area contributed by atoms with Gasteiger partial charge in [0.1, 0.15) is 16.5 Å². The lowest BCUT2D eigenvalue weighted by Gasteiger charge is -2.06. The summed E-state index contributed by atoms with van der Waals surface area (Å²) in [6, 6.07) is 8.13. The Labute approximate surface area is 144 Å². The zero-order chi connectivity index (χ0) is 16.9. The summed E-state index contributed by atoms with van der Waals surface area (Å²) in [6.45, 7) is 2.53. The van der Waals surface area contributed by atoms with Crippen LogP contribution in [0, 0.1) is 5.82 Å². The second-order valence-electron chi connectivity index (χ2n) is 5.58. The highest BCUT2D eigenvalue weighted by Gasteiger charge is 2.17. The molecule has 2 aromatic heterocycles. The molecule has 3 aromatic rings. The molecule has 124 valence electrons. The van der Waals surface area contributed by atoms with E-state index in [1.165, 1.54) is 23.5 Å². The summed E-state index contributed by atoms with van der Waals surface area (Å²) in [5.74, 6) is -0.270. The second kappa shape index (κ2) is 7.49. The molecule has 3 rings (SSSR count). The summed E-state index contributed by atoms with van der Waals surface area (Å²) in [7, 11) is 0. The third-order valence-corrected chi connectivity index (χ3v) is 4.44. The van der Waals surface area contributed by atoms with Gasteiger partial charge in [-0.2, -0.15) is 5.10 Å². The Morgan fingerprint density at radius 3 is 2.75 bits per heavy atom. The lowest BCUT2D eigenvalue weighted by Crippen LogP contribution is -2.13. The molecule has 2 heterocycles. The molecule has 0 atom stereocenters. The zero-order valence-electron chi connectivity index (χ0n) is 13.4. The van der Waals surface area contributed by atoms with Crippen molar-refractivity contribution in [2.45, 2.75) is 32.7 Å². The Kier molecular flexibility index (Phi) is 5.15. The normalized spacial score (nSPS) is 10.9. The van der Waals surface area contributed by atoms with Crippen LogP contribution in [0.15, 0.2) is 41.9 Å². The van der Waals surface area contributed by atoms with E-state index in [0.29, 0.717) is 12.2 Å². The number of thiazole rings is 1. The van der Waals surface area contributed by atoms with Crippen LogP contribution < -0.4 is 0 Å². The summed E-state index contributed by atoms with van der Waals surface area (Å²) in [5.41, 5.74) is 2.39. The van der Waals surface area contributed by atoms with E-state index in [0.717, 1.165) is 29.1 Å². The molecule has 0 aliphatic rings. The number of aromatic nitrogens is 3. The van der Waals surface area contributed by atoms with Crippen LogP contribution in [0.25, 0.3) is 0 Å². The summed E-state index contributed by atoms with van der Waals surface area (Å²) in [4.78, 5) is 16.8. The minimum atomic E-state index is -0.272. The van der Waals surface area contributed by atoms with Gasteiger partial charge < -0.3 is 0 Å². The van der Waals surface area contributed by atoms with Crippen molar-refractivity contribution in [2.24, 2.45) is 0 Å². The molecule has 24 heavy (non-hydrogen) atoms. The predicted octanol–water partition coefficient (Wildman–Crippen LogP) is 3.90. The fourth-order valence-corrected chi connectivity index (χ4v) is 3.14. The van der Waals surface area contributed by atoms with Crippen LogP contribution in [-0.4, -0.2) is 20.5 Å². The van der Waals surface area contributed by atoms with Crippen molar-refractivity contribution >= 4 is 17.1 Å². The van der Waals surface area contributed by atoms with E-state index < -0.39 is 0 Å². The molecule has 0 N–H and O–H groups in total. The monoisotopic (exact) mass is 343 g/mol. The summed E-state index contributed by atoms with van der Waals surface area (Å²) >= 11 is 1.47. The molecular weight excluding hydrogens is 325 g/mol. The van der Waals surface area contributed by atoms with Crippen LogP contribution in [0.4, 0.5) is 4.39 Å². The summed E-state index contributed by atoms with van der Waals surface area (Å²) < 4.78 is 14.8. The molecule has 0 bridgehead atoms. The van der Waals surface area contributed by atoms with Gasteiger partial charge in [-0.05, 0) is 30.2 Å². The Balaban J connectivity index is 1.85. The molecule has 6 heteroatoms. The summed E-state index contributed by atoms with van der Waals surface area (Å²) in [5, 5.41) is 7.21. The molecular formula is C18H18FN3OS. The highest BCUT2D eigenvalue weighted by Crippen LogP contribution is 2.15. The van der Waals surface area contributed by atoms with Gasteiger partial charge in [-0.1, -0.05) is 25.5 Å². The first-order valence-electron chi connectivity index (χ1n) is 7.88. The first-order valence-corrected chi connectivity index (χ1v) is 8.76. The number of ketones is 1. The van der Waals surface area contributed by atoms with E-state index in [-0.39, 0.29) is 18.0 Å². The topological polar surface area (TPSA) is 47.8 Å². The number of aryl methyl sites for hydroxylation is 1. The largest absolute Gasteiger partial charge is 0.292 e. The molecule has 0 unspecified atom stereocenters. The molecule has 0 aliphatic heterocycles. The van der Waals surface area contributed by atoms with Crippen molar-refractivity contribution in [1.82, 2.24) is 14.8 Å². The third-order valence-electron chi connectivity index (χ3n) is 3.66. The van der Waals surface area contributed by atoms with Crippen LogP contribution >= 0.6 is 11.3 Å². The van der Waals surface area contributed by atoms with Crippen LogP contribution in [0.5, 0.6) is 0 Å². The van der Waals surface area contributed by atoms with E-state index in [9.17, 15) is 9.18 Å². The Bertz CT molecular complexity index is 809. The maximum atomic E-state index is 13.1. The van der Waals surface area contributed by atoms with Gasteiger partial charge in [-0.3, -0.25) is 9.48 Å². The lowest BCUT2D eigenvalue weighted by atomic mass is 10.1. The molecule has 1 aromatic carbocycles. The maximum absolute atomic E-state index is 13.1. The minimum Gasteiger partial charge on any atom is -0.292 e.